The normalized spacial score (nSPS) is 17.7. The van der Waals surface area contributed by atoms with Crippen molar-refractivity contribution in [3.8, 4) is 0 Å². The van der Waals surface area contributed by atoms with Gasteiger partial charge in [0.25, 0.3) is 0 Å². The SMILES string of the molecule is Cc1ccccc1[C@@H]1CCN(CCNc2ncnc3cc(F)ccc23)C1. The maximum atomic E-state index is 13.3. The van der Waals surface area contributed by atoms with Gasteiger partial charge in [-0.25, -0.2) is 14.4 Å². The van der Waals surface area contributed by atoms with E-state index in [1.54, 1.807) is 6.07 Å². The summed E-state index contributed by atoms with van der Waals surface area (Å²) in [6.07, 6.45) is 2.69. The molecule has 1 atom stereocenters. The number of hydrogen-bond acceptors (Lipinski definition) is 4. The average Bonchev–Trinajstić information content (AvgIpc) is 3.10. The van der Waals surface area contributed by atoms with E-state index in [1.165, 1.54) is 36.0 Å². The van der Waals surface area contributed by atoms with Crippen LogP contribution in [-0.2, 0) is 0 Å². The quantitative estimate of drug-likeness (QED) is 0.756. The molecule has 1 saturated heterocycles. The van der Waals surface area contributed by atoms with Crippen molar-refractivity contribution in [2.45, 2.75) is 19.3 Å². The van der Waals surface area contributed by atoms with Gasteiger partial charge in [0.1, 0.15) is 18.0 Å². The van der Waals surface area contributed by atoms with Crippen molar-refractivity contribution < 1.29 is 4.39 Å². The number of likely N-dealkylation sites (tertiary alicyclic amines) is 1. The molecule has 4 nitrogen and oxygen atoms in total. The molecule has 1 aliphatic heterocycles. The Bertz CT molecular complexity index is 911. The van der Waals surface area contributed by atoms with Gasteiger partial charge in [-0.3, -0.25) is 0 Å². The first-order chi connectivity index (χ1) is 12.7. The van der Waals surface area contributed by atoms with E-state index in [0.29, 0.717) is 11.4 Å². The van der Waals surface area contributed by atoms with Crippen LogP contribution in [0.15, 0.2) is 48.8 Å². The standard InChI is InChI=1S/C21H23FN4/c1-15-4-2-3-5-18(15)16-8-10-26(13-16)11-9-23-21-19-7-6-17(22)12-20(19)24-14-25-21/h2-7,12,14,16H,8-11,13H2,1H3,(H,23,24,25)/t16-/m1/s1. The lowest BCUT2D eigenvalue weighted by atomic mass is 9.94. The number of rotatable bonds is 5. The van der Waals surface area contributed by atoms with Crippen molar-refractivity contribution >= 4 is 16.7 Å². The van der Waals surface area contributed by atoms with Gasteiger partial charge >= 0.3 is 0 Å². The molecule has 2 aromatic carbocycles. The van der Waals surface area contributed by atoms with Crippen LogP contribution < -0.4 is 5.32 Å². The summed E-state index contributed by atoms with van der Waals surface area (Å²) in [6.45, 7) is 6.19. The molecule has 0 radical (unpaired) electrons. The van der Waals surface area contributed by atoms with E-state index in [-0.39, 0.29) is 5.82 Å². The second-order valence-corrected chi connectivity index (χ2v) is 6.95. The Morgan fingerprint density at radius 1 is 1.19 bits per heavy atom. The number of aromatic nitrogens is 2. The van der Waals surface area contributed by atoms with E-state index in [2.05, 4.69) is 51.4 Å². The Morgan fingerprint density at radius 2 is 2.08 bits per heavy atom. The molecule has 26 heavy (non-hydrogen) atoms. The van der Waals surface area contributed by atoms with Crippen LogP contribution in [0.4, 0.5) is 10.2 Å². The Morgan fingerprint density at radius 3 is 2.96 bits per heavy atom. The summed E-state index contributed by atoms with van der Waals surface area (Å²) in [5.41, 5.74) is 3.49. The van der Waals surface area contributed by atoms with Gasteiger partial charge in [0.15, 0.2) is 0 Å². The smallest absolute Gasteiger partial charge is 0.137 e. The zero-order chi connectivity index (χ0) is 17.9. The zero-order valence-electron chi connectivity index (χ0n) is 15.0. The van der Waals surface area contributed by atoms with Crippen LogP contribution in [0.25, 0.3) is 10.9 Å². The number of fused-ring (bicyclic) bond motifs is 1. The van der Waals surface area contributed by atoms with Crippen LogP contribution in [0.1, 0.15) is 23.5 Å². The van der Waals surface area contributed by atoms with Crippen molar-refractivity contribution in [2.75, 3.05) is 31.5 Å². The van der Waals surface area contributed by atoms with Gasteiger partial charge in [0, 0.05) is 31.1 Å². The van der Waals surface area contributed by atoms with E-state index >= 15 is 0 Å². The summed E-state index contributed by atoms with van der Waals surface area (Å²) in [5, 5.41) is 4.24. The third-order valence-electron chi connectivity index (χ3n) is 5.22. The lowest BCUT2D eigenvalue weighted by Gasteiger charge is -2.18. The highest BCUT2D eigenvalue weighted by atomic mass is 19.1. The zero-order valence-corrected chi connectivity index (χ0v) is 15.0. The van der Waals surface area contributed by atoms with E-state index in [4.69, 9.17) is 0 Å². The predicted molar refractivity (Wildman–Crippen MR) is 103 cm³/mol. The molecule has 134 valence electrons. The summed E-state index contributed by atoms with van der Waals surface area (Å²) in [6, 6.07) is 13.3. The van der Waals surface area contributed by atoms with E-state index in [0.717, 1.165) is 37.4 Å². The van der Waals surface area contributed by atoms with Crippen LogP contribution in [0.5, 0.6) is 0 Å². The first kappa shape index (κ1) is 16.9. The van der Waals surface area contributed by atoms with Crippen LogP contribution in [0.2, 0.25) is 0 Å². The van der Waals surface area contributed by atoms with Gasteiger partial charge in [-0.05, 0) is 49.1 Å². The molecular weight excluding hydrogens is 327 g/mol. The number of benzene rings is 2. The highest BCUT2D eigenvalue weighted by Crippen LogP contribution is 2.29. The Hall–Kier alpha value is -2.53. The number of nitrogens with one attached hydrogen (secondary N) is 1. The van der Waals surface area contributed by atoms with E-state index in [9.17, 15) is 4.39 Å². The molecule has 0 spiro atoms. The van der Waals surface area contributed by atoms with Crippen LogP contribution in [-0.4, -0.2) is 41.0 Å². The maximum Gasteiger partial charge on any atom is 0.137 e. The van der Waals surface area contributed by atoms with Crippen molar-refractivity contribution in [2.24, 2.45) is 0 Å². The molecule has 3 aromatic rings. The van der Waals surface area contributed by atoms with Crippen molar-refractivity contribution in [3.63, 3.8) is 0 Å². The van der Waals surface area contributed by atoms with Gasteiger partial charge in [0.05, 0.1) is 5.52 Å². The minimum atomic E-state index is -0.276. The summed E-state index contributed by atoms with van der Waals surface area (Å²) in [7, 11) is 0. The third kappa shape index (κ3) is 3.53. The first-order valence-electron chi connectivity index (χ1n) is 9.13. The maximum absolute atomic E-state index is 13.3. The number of hydrogen-bond donors (Lipinski definition) is 1. The van der Waals surface area contributed by atoms with Crippen LogP contribution in [0.3, 0.4) is 0 Å². The summed E-state index contributed by atoms with van der Waals surface area (Å²) >= 11 is 0. The highest BCUT2D eigenvalue weighted by molar-refractivity contribution is 5.88. The third-order valence-corrected chi connectivity index (χ3v) is 5.22. The fourth-order valence-electron chi connectivity index (χ4n) is 3.84. The molecule has 1 aliphatic rings. The predicted octanol–water partition coefficient (Wildman–Crippen LogP) is 3.98. The molecule has 1 N–H and O–H groups in total. The lowest BCUT2D eigenvalue weighted by molar-refractivity contribution is 0.347. The molecule has 0 unspecified atom stereocenters. The minimum absolute atomic E-state index is 0.276. The van der Waals surface area contributed by atoms with E-state index in [1.807, 2.05) is 0 Å². The van der Waals surface area contributed by atoms with Gasteiger partial charge < -0.3 is 10.2 Å². The monoisotopic (exact) mass is 350 g/mol. The van der Waals surface area contributed by atoms with Crippen molar-refractivity contribution in [1.29, 1.82) is 0 Å². The number of aryl methyl sites for hydroxylation is 1. The number of halogens is 1. The van der Waals surface area contributed by atoms with Gasteiger partial charge in [-0.2, -0.15) is 0 Å². The molecule has 0 aliphatic carbocycles. The Balaban J connectivity index is 1.35. The fraction of sp³-hybridized carbons (Fsp3) is 0.333. The summed E-state index contributed by atoms with van der Waals surface area (Å²) < 4.78 is 13.3. The second-order valence-electron chi connectivity index (χ2n) is 6.95. The summed E-state index contributed by atoms with van der Waals surface area (Å²) in [5.74, 6) is 1.12. The average molecular weight is 350 g/mol. The second kappa shape index (κ2) is 7.38. The first-order valence-corrected chi connectivity index (χ1v) is 9.13. The molecule has 2 heterocycles. The Kier molecular flexibility index (Phi) is 4.80. The van der Waals surface area contributed by atoms with Crippen LogP contribution in [0, 0.1) is 12.7 Å². The lowest BCUT2D eigenvalue weighted by Crippen LogP contribution is -2.27. The topological polar surface area (TPSA) is 41.0 Å². The fourth-order valence-corrected chi connectivity index (χ4v) is 3.84. The molecular formula is C21H23FN4. The van der Waals surface area contributed by atoms with Crippen molar-refractivity contribution in [1.82, 2.24) is 14.9 Å². The largest absolute Gasteiger partial charge is 0.368 e. The molecule has 0 saturated carbocycles. The number of nitrogens with zero attached hydrogens (tertiary/aromatic N) is 3. The number of anilines is 1. The Labute approximate surface area is 153 Å². The molecule has 1 aromatic heterocycles. The van der Waals surface area contributed by atoms with E-state index < -0.39 is 0 Å². The van der Waals surface area contributed by atoms with Crippen molar-refractivity contribution in [3.05, 3.63) is 65.7 Å². The molecule has 0 amide bonds. The van der Waals surface area contributed by atoms with Crippen LogP contribution >= 0.6 is 0 Å². The minimum Gasteiger partial charge on any atom is -0.368 e. The molecule has 1 fully saturated rings. The molecule has 0 bridgehead atoms. The van der Waals surface area contributed by atoms with Gasteiger partial charge in [-0.15, -0.1) is 0 Å². The highest BCUT2D eigenvalue weighted by Gasteiger charge is 2.24. The van der Waals surface area contributed by atoms with Gasteiger partial charge in [-0.1, -0.05) is 24.3 Å². The van der Waals surface area contributed by atoms with Gasteiger partial charge in [0.2, 0.25) is 0 Å². The molecule has 4 rings (SSSR count). The summed E-state index contributed by atoms with van der Waals surface area (Å²) in [4.78, 5) is 10.9. The molecule has 5 heteroatoms.